The van der Waals surface area contributed by atoms with Crippen LogP contribution < -0.4 is 0 Å². The van der Waals surface area contributed by atoms with Crippen LogP contribution in [0.15, 0.2) is 194 Å². The summed E-state index contributed by atoms with van der Waals surface area (Å²) in [7, 11) is 0. The van der Waals surface area contributed by atoms with Crippen molar-refractivity contribution >= 4 is 117 Å². The van der Waals surface area contributed by atoms with Crippen molar-refractivity contribution in [3.05, 3.63) is 194 Å². The van der Waals surface area contributed by atoms with Crippen LogP contribution in [0.1, 0.15) is 0 Å². The summed E-state index contributed by atoms with van der Waals surface area (Å²) in [5.41, 5.74) is 7.63. The van der Waals surface area contributed by atoms with E-state index in [2.05, 4.69) is 194 Å². The number of benzene rings is 11. The van der Waals surface area contributed by atoms with Gasteiger partial charge in [-0.15, -0.1) is 22.7 Å². The molecule has 0 N–H and O–H groups in total. The second kappa shape index (κ2) is 12.3. The zero-order valence-electron chi connectivity index (χ0n) is 31.3. The van der Waals surface area contributed by atoms with Gasteiger partial charge in [-0.3, -0.25) is 0 Å². The van der Waals surface area contributed by atoms with Crippen LogP contribution in [0.4, 0.5) is 0 Å². The highest BCUT2D eigenvalue weighted by Crippen LogP contribution is 2.49. The molecular weight excluding hydrogens is 737 g/mol. The third-order valence-corrected chi connectivity index (χ3v) is 14.8. The molecule has 0 aliphatic heterocycles. The first-order chi connectivity index (χ1) is 28.8. The van der Waals surface area contributed by atoms with Gasteiger partial charge in [0, 0.05) is 40.3 Å². The van der Waals surface area contributed by atoms with Gasteiger partial charge in [0.25, 0.3) is 0 Å². The molecule has 0 nitrogen and oxygen atoms in total. The Balaban J connectivity index is 1.02. The molecule has 2 heterocycles. The lowest BCUT2D eigenvalue weighted by atomic mass is 9.83. The van der Waals surface area contributed by atoms with E-state index in [1.807, 2.05) is 22.7 Å². The highest BCUT2D eigenvalue weighted by molar-refractivity contribution is 7.28. The van der Waals surface area contributed by atoms with Crippen molar-refractivity contribution in [2.24, 2.45) is 0 Å². The minimum Gasteiger partial charge on any atom is -0.135 e. The van der Waals surface area contributed by atoms with E-state index < -0.39 is 0 Å². The smallest absolute Gasteiger partial charge is 0.0433 e. The molecule has 2 aromatic heterocycles. The fraction of sp³-hybridized carbons (Fsp3) is 0. The molecule has 0 amide bonds. The van der Waals surface area contributed by atoms with Crippen LogP contribution in [0.3, 0.4) is 0 Å². The molecule has 0 saturated carbocycles. The van der Waals surface area contributed by atoms with Crippen molar-refractivity contribution in [1.29, 1.82) is 0 Å². The third kappa shape index (κ3) is 4.62. The van der Waals surface area contributed by atoms with Crippen LogP contribution in [-0.4, -0.2) is 0 Å². The average molecular weight is 769 g/mol. The normalized spacial score (nSPS) is 12.1. The van der Waals surface area contributed by atoms with Gasteiger partial charge in [-0.05, 0) is 112 Å². The lowest BCUT2D eigenvalue weighted by molar-refractivity contribution is 1.67. The van der Waals surface area contributed by atoms with Crippen molar-refractivity contribution in [3.63, 3.8) is 0 Å². The van der Waals surface area contributed by atoms with Crippen LogP contribution >= 0.6 is 22.7 Å². The largest absolute Gasteiger partial charge is 0.135 e. The van der Waals surface area contributed by atoms with Gasteiger partial charge < -0.3 is 0 Å². The predicted octanol–water partition coefficient (Wildman–Crippen LogP) is 17.2. The molecule has 11 aromatic carbocycles. The van der Waals surface area contributed by atoms with Crippen molar-refractivity contribution in [1.82, 2.24) is 0 Å². The standard InChI is InChI=1S/C56H32S2/c1-3-15-36-33(12-1)14-11-23-41(36)54-42-19-7-9-21-44(42)55(45-22-10-8-20-43(45)54)46-28-27-37(39-17-5-6-18-40(39)46)35-25-29-51-48(30-35)50-32-53-49(31-52(50)57-51)47-26-24-34-13-2-4-16-38(34)56(47)58-53/h1-32H. The molecule has 0 aliphatic carbocycles. The molecule has 13 aromatic rings. The van der Waals surface area contributed by atoms with Crippen molar-refractivity contribution < 1.29 is 0 Å². The molecule has 58 heavy (non-hydrogen) atoms. The molecule has 2 heteroatoms. The Hall–Kier alpha value is -6.84. The average Bonchev–Trinajstić information content (AvgIpc) is 3.84. The van der Waals surface area contributed by atoms with Crippen LogP contribution in [0.25, 0.3) is 128 Å². The monoisotopic (exact) mass is 768 g/mol. The molecule has 0 fully saturated rings. The zero-order chi connectivity index (χ0) is 37.9. The van der Waals surface area contributed by atoms with Crippen LogP contribution in [-0.2, 0) is 0 Å². The van der Waals surface area contributed by atoms with E-state index in [4.69, 9.17) is 0 Å². The molecule has 0 bridgehead atoms. The van der Waals surface area contributed by atoms with Crippen molar-refractivity contribution in [2.45, 2.75) is 0 Å². The highest BCUT2D eigenvalue weighted by atomic mass is 32.1. The summed E-state index contributed by atoms with van der Waals surface area (Å²) in [5, 5.41) is 18.2. The maximum absolute atomic E-state index is 2.45. The number of thiophene rings is 2. The summed E-state index contributed by atoms with van der Waals surface area (Å²) in [6.45, 7) is 0. The van der Waals surface area contributed by atoms with Crippen molar-refractivity contribution in [2.75, 3.05) is 0 Å². The van der Waals surface area contributed by atoms with E-state index in [1.165, 1.54) is 128 Å². The predicted molar refractivity (Wildman–Crippen MR) is 256 cm³/mol. The molecule has 0 spiro atoms. The van der Waals surface area contributed by atoms with Gasteiger partial charge in [-0.25, -0.2) is 0 Å². The Bertz CT molecular complexity index is 3800. The minimum atomic E-state index is 1.25. The molecular formula is C56H32S2. The summed E-state index contributed by atoms with van der Waals surface area (Å²) in [4.78, 5) is 0. The van der Waals surface area contributed by atoms with Gasteiger partial charge in [0.1, 0.15) is 0 Å². The highest BCUT2D eigenvalue weighted by Gasteiger charge is 2.20. The number of hydrogen-bond acceptors (Lipinski definition) is 2. The fourth-order valence-corrected chi connectivity index (χ4v) is 12.2. The van der Waals surface area contributed by atoms with Crippen LogP contribution in [0.2, 0.25) is 0 Å². The van der Waals surface area contributed by atoms with Gasteiger partial charge in [-0.1, -0.05) is 170 Å². The third-order valence-electron chi connectivity index (χ3n) is 12.4. The molecule has 0 atom stereocenters. The topological polar surface area (TPSA) is 0 Å². The van der Waals surface area contributed by atoms with Gasteiger partial charge in [0.15, 0.2) is 0 Å². The Labute approximate surface area is 342 Å². The number of fused-ring (bicyclic) bond motifs is 12. The maximum atomic E-state index is 2.45. The fourth-order valence-electron chi connectivity index (χ4n) is 9.86. The molecule has 0 unspecified atom stereocenters. The first-order valence-electron chi connectivity index (χ1n) is 19.9. The number of hydrogen-bond donors (Lipinski definition) is 0. The van der Waals surface area contributed by atoms with E-state index in [-0.39, 0.29) is 0 Å². The van der Waals surface area contributed by atoms with Gasteiger partial charge in [0.2, 0.25) is 0 Å². The summed E-state index contributed by atoms with van der Waals surface area (Å²) in [6, 6.07) is 72.6. The second-order valence-electron chi connectivity index (χ2n) is 15.5. The van der Waals surface area contributed by atoms with Crippen LogP contribution in [0, 0.1) is 0 Å². The Morgan fingerprint density at radius 1 is 0.241 bits per heavy atom. The van der Waals surface area contributed by atoms with E-state index in [0.717, 1.165) is 0 Å². The lowest BCUT2D eigenvalue weighted by Crippen LogP contribution is -1.93. The Morgan fingerprint density at radius 2 is 0.724 bits per heavy atom. The Kier molecular flexibility index (Phi) is 6.86. The minimum absolute atomic E-state index is 1.25. The molecule has 0 aliphatic rings. The first kappa shape index (κ1) is 32.3. The summed E-state index contributed by atoms with van der Waals surface area (Å²) in [6.07, 6.45) is 0. The van der Waals surface area contributed by atoms with E-state index in [0.29, 0.717) is 0 Å². The molecule has 0 saturated heterocycles. The van der Waals surface area contributed by atoms with Gasteiger partial charge in [0.05, 0.1) is 0 Å². The van der Waals surface area contributed by atoms with Gasteiger partial charge >= 0.3 is 0 Å². The summed E-state index contributed by atoms with van der Waals surface area (Å²) in [5.74, 6) is 0. The van der Waals surface area contributed by atoms with E-state index in [9.17, 15) is 0 Å². The quantitative estimate of drug-likeness (QED) is 0.157. The SMILES string of the molecule is c1ccc2c(-c3c4ccccc4c(-c4ccc(-c5ccc6sc7cc8c(cc7c6c5)sc5c6ccccc6ccc85)c5ccccc45)c4ccccc34)cccc2c1. The summed E-state index contributed by atoms with van der Waals surface area (Å²) >= 11 is 3.83. The maximum Gasteiger partial charge on any atom is 0.0433 e. The Morgan fingerprint density at radius 3 is 1.41 bits per heavy atom. The summed E-state index contributed by atoms with van der Waals surface area (Å²) < 4.78 is 5.41. The van der Waals surface area contributed by atoms with Crippen molar-refractivity contribution in [3.8, 4) is 33.4 Å². The van der Waals surface area contributed by atoms with E-state index >= 15 is 0 Å². The molecule has 13 rings (SSSR count). The first-order valence-corrected chi connectivity index (χ1v) is 21.5. The lowest BCUT2D eigenvalue weighted by Gasteiger charge is -2.20. The second-order valence-corrected chi connectivity index (χ2v) is 17.6. The van der Waals surface area contributed by atoms with E-state index in [1.54, 1.807) is 0 Å². The zero-order valence-corrected chi connectivity index (χ0v) is 32.9. The molecule has 268 valence electrons. The number of rotatable bonds is 3. The molecule has 0 radical (unpaired) electrons. The van der Waals surface area contributed by atoms with Crippen LogP contribution in [0.5, 0.6) is 0 Å². The van der Waals surface area contributed by atoms with Gasteiger partial charge in [-0.2, -0.15) is 0 Å².